The van der Waals surface area contributed by atoms with Crippen molar-refractivity contribution in [3.05, 3.63) is 71.9 Å². The van der Waals surface area contributed by atoms with E-state index >= 15 is 0 Å². The first-order valence-electron chi connectivity index (χ1n) is 8.83. The van der Waals surface area contributed by atoms with Gasteiger partial charge in [0.15, 0.2) is 0 Å². The number of anilines is 2. The van der Waals surface area contributed by atoms with Gasteiger partial charge in [-0.05, 0) is 47.9 Å². The number of nitrogens with one attached hydrogen (secondary N) is 2. The third-order valence-corrected chi connectivity index (χ3v) is 4.14. The molecular formula is C21H24N4O2. The van der Waals surface area contributed by atoms with Crippen molar-refractivity contribution in [3.8, 4) is 11.5 Å². The van der Waals surface area contributed by atoms with Crippen LogP contribution in [0.3, 0.4) is 0 Å². The Labute approximate surface area is 159 Å². The van der Waals surface area contributed by atoms with Gasteiger partial charge < -0.3 is 20.1 Å². The van der Waals surface area contributed by atoms with E-state index in [-0.39, 0.29) is 0 Å². The summed E-state index contributed by atoms with van der Waals surface area (Å²) in [6.07, 6.45) is 2.63. The predicted molar refractivity (Wildman–Crippen MR) is 108 cm³/mol. The summed E-state index contributed by atoms with van der Waals surface area (Å²) in [4.78, 5) is 8.78. The molecule has 0 saturated heterocycles. The molecule has 140 valence electrons. The zero-order valence-corrected chi connectivity index (χ0v) is 15.6. The van der Waals surface area contributed by atoms with Gasteiger partial charge in [-0.2, -0.15) is 4.98 Å². The van der Waals surface area contributed by atoms with Crippen LogP contribution in [0, 0.1) is 0 Å². The van der Waals surface area contributed by atoms with Gasteiger partial charge >= 0.3 is 0 Å². The van der Waals surface area contributed by atoms with Crippen molar-refractivity contribution in [3.63, 3.8) is 0 Å². The number of benzene rings is 2. The van der Waals surface area contributed by atoms with Crippen LogP contribution < -0.4 is 20.1 Å². The largest absolute Gasteiger partial charge is 0.497 e. The van der Waals surface area contributed by atoms with Gasteiger partial charge in [0.1, 0.15) is 17.3 Å². The van der Waals surface area contributed by atoms with Crippen LogP contribution in [-0.2, 0) is 13.0 Å². The average Bonchev–Trinajstić information content (AvgIpc) is 2.73. The number of nitrogens with zero attached hydrogens (tertiary/aromatic N) is 2. The molecule has 0 radical (unpaired) electrons. The number of aromatic nitrogens is 2. The van der Waals surface area contributed by atoms with Gasteiger partial charge in [0.2, 0.25) is 5.95 Å². The van der Waals surface area contributed by atoms with Gasteiger partial charge in [-0.15, -0.1) is 0 Å². The number of rotatable bonds is 9. The minimum absolute atomic E-state index is 0.614. The maximum atomic E-state index is 5.17. The molecule has 3 aromatic rings. The molecule has 2 aromatic carbocycles. The van der Waals surface area contributed by atoms with Crippen LogP contribution in [0.15, 0.2) is 60.8 Å². The monoisotopic (exact) mass is 364 g/mol. The van der Waals surface area contributed by atoms with Gasteiger partial charge in [-0.1, -0.05) is 24.3 Å². The number of hydrogen-bond donors (Lipinski definition) is 2. The van der Waals surface area contributed by atoms with E-state index < -0.39 is 0 Å². The lowest BCUT2D eigenvalue weighted by Crippen LogP contribution is -2.09. The summed E-state index contributed by atoms with van der Waals surface area (Å²) in [5.41, 5.74) is 2.39. The van der Waals surface area contributed by atoms with Crippen molar-refractivity contribution < 1.29 is 9.47 Å². The van der Waals surface area contributed by atoms with Crippen molar-refractivity contribution in [2.75, 3.05) is 31.4 Å². The summed E-state index contributed by atoms with van der Waals surface area (Å²) in [6, 6.07) is 17.9. The lowest BCUT2D eigenvalue weighted by molar-refractivity contribution is 0.414. The fraction of sp³-hybridized carbons (Fsp3) is 0.238. The zero-order valence-electron chi connectivity index (χ0n) is 15.6. The van der Waals surface area contributed by atoms with Gasteiger partial charge in [0, 0.05) is 19.3 Å². The quantitative estimate of drug-likeness (QED) is 0.603. The Balaban J connectivity index is 1.48. The number of methoxy groups -OCH3 is 2. The van der Waals surface area contributed by atoms with Gasteiger partial charge in [-0.3, -0.25) is 0 Å². The minimum atomic E-state index is 0.614. The maximum absolute atomic E-state index is 5.17. The van der Waals surface area contributed by atoms with Gasteiger partial charge in [-0.25, -0.2) is 4.98 Å². The molecule has 6 heteroatoms. The SMILES string of the molecule is COc1ccc(CCNc2nccc(NCc3ccc(OC)cc3)n2)cc1. The van der Waals surface area contributed by atoms with E-state index in [0.717, 1.165) is 35.8 Å². The molecule has 0 aliphatic rings. The molecule has 0 spiro atoms. The van der Waals surface area contributed by atoms with E-state index in [4.69, 9.17) is 9.47 Å². The molecule has 0 aliphatic carbocycles. The number of hydrogen-bond acceptors (Lipinski definition) is 6. The van der Waals surface area contributed by atoms with E-state index in [1.54, 1.807) is 20.4 Å². The summed E-state index contributed by atoms with van der Waals surface area (Å²) in [5, 5.41) is 6.58. The fourth-order valence-corrected chi connectivity index (χ4v) is 2.59. The second-order valence-corrected chi connectivity index (χ2v) is 5.99. The lowest BCUT2D eigenvalue weighted by Gasteiger charge is -2.09. The van der Waals surface area contributed by atoms with E-state index in [0.29, 0.717) is 12.5 Å². The summed E-state index contributed by atoms with van der Waals surface area (Å²) >= 11 is 0. The maximum Gasteiger partial charge on any atom is 0.224 e. The first-order valence-corrected chi connectivity index (χ1v) is 8.83. The minimum Gasteiger partial charge on any atom is -0.497 e. The Morgan fingerprint density at radius 1 is 0.778 bits per heavy atom. The third kappa shape index (κ3) is 5.60. The molecule has 0 unspecified atom stereocenters. The number of ether oxygens (including phenoxy) is 2. The van der Waals surface area contributed by atoms with Crippen molar-refractivity contribution in [1.82, 2.24) is 9.97 Å². The summed E-state index contributed by atoms with van der Waals surface area (Å²) in [6.45, 7) is 1.44. The molecule has 1 heterocycles. The molecule has 0 bridgehead atoms. The van der Waals surface area contributed by atoms with Crippen LogP contribution in [0.2, 0.25) is 0 Å². The van der Waals surface area contributed by atoms with E-state index in [9.17, 15) is 0 Å². The highest BCUT2D eigenvalue weighted by atomic mass is 16.5. The van der Waals surface area contributed by atoms with E-state index in [1.807, 2.05) is 42.5 Å². The molecular weight excluding hydrogens is 340 g/mol. The van der Waals surface area contributed by atoms with Crippen LogP contribution in [0.1, 0.15) is 11.1 Å². The smallest absolute Gasteiger partial charge is 0.224 e. The highest BCUT2D eigenvalue weighted by molar-refractivity contribution is 5.41. The molecule has 1 aromatic heterocycles. The molecule has 3 rings (SSSR count). The molecule has 0 aliphatic heterocycles. The highest BCUT2D eigenvalue weighted by Gasteiger charge is 2.01. The molecule has 6 nitrogen and oxygen atoms in total. The van der Waals surface area contributed by atoms with Gasteiger partial charge in [0.25, 0.3) is 0 Å². The molecule has 0 amide bonds. The summed E-state index contributed by atoms with van der Waals surface area (Å²) < 4.78 is 10.3. The van der Waals surface area contributed by atoms with Crippen molar-refractivity contribution in [2.45, 2.75) is 13.0 Å². The molecule has 0 saturated carbocycles. The molecule has 0 fully saturated rings. The Bertz CT molecular complexity index is 836. The Hall–Kier alpha value is -3.28. The highest BCUT2D eigenvalue weighted by Crippen LogP contribution is 2.14. The van der Waals surface area contributed by atoms with Crippen LogP contribution in [0.5, 0.6) is 11.5 Å². The Kier molecular flexibility index (Phi) is 6.46. The van der Waals surface area contributed by atoms with Gasteiger partial charge in [0.05, 0.1) is 14.2 Å². The fourth-order valence-electron chi connectivity index (χ4n) is 2.59. The zero-order chi connectivity index (χ0) is 18.9. The molecule has 0 atom stereocenters. The van der Waals surface area contributed by atoms with Crippen LogP contribution in [0.4, 0.5) is 11.8 Å². The first kappa shape index (κ1) is 18.5. The molecule has 2 N–H and O–H groups in total. The van der Waals surface area contributed by atoms with Crippen molar-refractivity contribution in [1.29, 1.82) is 0 Å². The van der Waals surface area contributed by atoms with Crippen LogP contribution >= 0.6 is 0 Å². The first-order chi connectivity index (χ1) is 13.3. The standard InChI is InChI=1S/C21H24N4O2/c1-26-18-7-3-16(4-8-18)11-13-22-21-23-14-12-20(25-21)24-15-17-5-9-19(27-2)10-6-17/h3-10,12,14H,11,13,15H2,1-2H3,(H2,22,23,24,25). The third-order valence-electron chi connectivity index (χ3n) is 4.14. The van der Waals surface area contributed by atoms with E-state index in [1.165, 1.54) is 5.56 Å². The normalized spacial score (nSPS) is 10.3. The predicted octanol–water partition coefficient (Wildman–Crippen LogP) is 3.76. The topological polar surface area (TPSA) is 68.3 Å². The summed E-state index contributed by atoms with van der Waals surface area (Å²) in [7, 11) is 3.33. The van der Waals surface area contributed by atoms with E-state index in [2.05, 4.69) is 32.7 Å². The molecule has 27 heavy (non-hydrogen) atoms. The second-order valence-electron chi connectivity index (χ2n) is 5.99. The van der Waals surface area contributed by atoms with Crippen LogP contribution in [0.25, 0.3) is 0 Å². The second kappa shape index (κ2) is 9.43. The Morgan fingerprint density at radius 3 is 2.04 bits per heavy atom. The average molecular weight is 364 g/mol. The Morgan fingerprint density at radius 2 is 1.41 bits per heavy atom. The van der Waals surface area contributed by atoms with Crippen LogP contribution in [-0.4, -0.2) is 30.7 Å². The van der Waals surface area contributed by atoms with Crippen molar-refractivity contribution in [2.24, 2.45) is 0 Å². The summed E-state index contributed by atoms with van der Waals surface area (Å²) in [5.74, 6) is 3.12. The lowest BCUT2D eigenvalue weighted by atomic mass is 10.1. The van der Waals surface area contributed by atoms with Crippen molar-refractivity contribution >= 4 is 11.8 Å².